The Labute approximate surface area is 192 Å². The number of benzene rings is 2. The van der Waals surface area contributed by atoms with Crippen molar-refractivity contribution in [2.24, 2.45) is 0 Å². The van der Waals surface area contributed by atoms with Gasteiger partial charge in [-0.3, -0.25) is 0 Å². The third kappa shape index (κ3) is 5.10. The zero-order valence-corrected chi connectivity index (χ0v) is 19.5. The van der Waals surface area contributed by atoms with Crippen molar-refractivity contribution in [2.75, 3.05) is 12.9 Å². The summed E-state index contributed by atoms with van der Waals surface area (Å²) in [7, 11) is -8.54. The molecule has 0 spiro atoms. The molecule has 0 N–H and O–H groups in total. The number of hydrogen-bond donors (Lipinski definition) is 0. The summed E-state index contributed by atoms with van der Waals surface area (Å²) in [6.45, 7) is 1.09. The summed E-state index contributed by atoms with van der Waals surface area (Å²) in [4.78, 5) is -1.23. The van der Waals surface area contributed by atoms with E-state index < -0.39 is 63.8 Å². The van der Waals surface area contributed by atoms with E-state index in [1.54, 1.807) is 0 Å². The summed E-state index contributed by atoms with van der Waals surface area (Å²) in [6.07, 6.45) is -10.6. The smallest absolute Gasteiger partial charge is 0.373 e. The van der Waals surface area contributed by atoms with Crippen molar-refractivity contribution >= 4 is 19.7 Å². The van der Waals surface area contributed by atoms with Crippen molar-refractivity contribution in [3.05, 3.63) is 59.2 Å². The largest absolute Gasteiger partial charge is 0.416 e. The molecule has 0 amide bonds. The summed E-state index contributed by atoms with van der Waals surface area (Å²) in [5.41, 5.74) is -2.50. The maximum Gasteiger partial charge on any atom is 0.416 e. The van der Waals surface area contributed by atoms with Gasteiger partial charge in [0.25, 0.3) is 0 Å². The van der Waals surface area contributed by atoms with E-state index in [4.69, 9.17) is 4.74 Å². The number of sulfone groups is 2. The van der Waals surface area contributed by atoms with Crippen LogP contribution in [-0.4, -0.2) is 34.4 Å². The van der Waals surface area contributed by atoms with Gasteiger partial charge in [-0.2, -0.15) is 26.3 Å². The van der Waals surface area contributed by atoms with E-state index in [1.807, 2.05) is 0 Å². The lowest BCUT2D eigenvalue weighted by Gasteiger charge is -2.38. The van der Waals surface area contributed by atoms with E-state index in [0.717, 1.165) is 24.3 Å². The average Bonchev–Trinajstić information content (AvgIpc) is 2.71. The minimum atomic E-state index is -4.81. The topological polar surface area (TPSA) is 77.5 Å². The third-order valence-corrected chi connectivity index (χ3v) is 9.47. The second-order valence-electron chi connectivity index (χ2n) is 8.32. The SMILES string of the molecule is CC1(S(=O)(=O)c2cccc(C(F)(F)F)c2)CCOC(c2ccc(C(F)(F)F)cc2S(C)(=O)=O)C1. The molecule has 2 aromatic carbocycles. The number of rotatable bonds is 4. The molecule has 0 bridgehead atoms. The van der Waals surface area contributed by atoms with E-state index >= 15 is 0 Å². The molecule has 188 valence electrons. The Morgan fingerprint density at radius 1 is 0.912 bits per heavy atom. The Bertz CT molecular complexity index is 1300. The lowest BCUT2D eigenvalue weighted by Crippen LogP contribution is -2.42. The molecule has 1 fully saturated rings. The second kappa shape index (κ2) is 8.52. The van der Waals surface area contributed by atoms with Crippen LogP contribution in [-0.2, 0) is 36.8 Å². The van der Waals surface area contributed by atoms with Gasteiger partial charge in [-0.05, 0) is 55.7 Å². The summed E-state index contributed by atoms with van der Waals surface area (Å²) in [5, 5.41) is 0. The van der Waals surface area contributed by atoms with Crippen LogP contribution in [0.3, 0.4) is 0 Å². The first-order chi connectivity index (χ1) is 15.4. The van der Waals surface area contributed by atoms with Gasteiger partial charge < -0.3 is 4.74 Å². The molecule has 0 aliphatic carbocycles. The second-order valence-corrected chi connectivity index (χ2v) is 12.8. The molecule has 1 aliphatic heterocycles. The van der Waals surface area contributed by atoms with Crippen LogP contribution >= 0.6 is 0 Å². The molecule has 0 saturated carbocycles. The fourth-order valence-corrected chi connectivity index (χ4v) is 6.64. The molecule has 1 saturated heterocycles. The quantitative estimate of drug-likeness (QED) is 0.507. The summed E-state index contributed by atoms with van der Waals surface area (Å²) < 4.78 is 134. The van der Waals surface area contributed by atoms with Crippen molar-refractivity contribution in [2.45, 2.75) is 52.8 Å². The normalized spacial score (nSPS) is 22.5. The molecule has 2 atom stereocenters. The average molecular weight is 531 g/mol. The molecule has 1 aliphatic rings. The van der Waals surface area contributed by atoms with E-state index in [-0.39, 0.29) is 25.0 Å². The van der Waals surface area contributed by atoms with Crippen LogP contribution in [0.15, 0.2) is 52.3 Å². The molecule has 34 heavy (non-hydrogen) atoms. The lowest BCUT2D eigenvalue weighted by atomic mass is 9.92. The Morgan fingerprint density at radius 3 is 2.06 bits per heavy atom. The van der Waals surface area contributed by atoms with Gasteiger partial charge >= 0.3 is 12.4 Å². The van der Waals surface area contributed by atoms with E-state index in [9.17, 15) is 43.2 Å². The van der Waals surface area contributed by atoms with Gasteiger partial charge in [-0.25, -0.2) is 16.8 Å². The van der Waals surface area contributed by atoms with E-state index in [0.29, 0.717) is 24.5 Å². The van der Waals surface area contributed by atoms with Gasteiger partial charge in [0, 0.05) is 12.9 Å². The number of alkyl halides is 6. The van der Waals surface area contributed by atoms with Gasteiger partial charge in [0.2, 0.25) is 0 Å². The number of halogens is 6. The molecular formula is C21H20F6O5S2. The molecule has 0 aromatic heterocycles. The summed E-state index contributed by atoms with van der Waals surface area (Å²) in [5.74, 6) is 0. The zero-order chi connectivity index (χ0) is 25.7. The first-order valence-electron chi connectivity index (χ1n) is 9.81. The van der Waals surface area contributed by atoms with Gasteiger partial charge in [0.15, 0.2) is 19.7 Å². The first-order valence-corrected chi connectivity index (χ1v) is 13.2. The van der Waals surface area contributed by atoms with Crippen molar-refractivity contribution in [3.63, 3.8) is 0 Å². The van der Waals surface area contributed by atoms with E-state index in [2.05, 4.69) is 0 Å². The Balaban J connectivity index is 2.06. The first kappa shape index (κ1) is 26.5. The van der Waals surface area contributed by atoms with Crippen LogP contribution in [0.5, 0.6) is 0 Å². The van der Waals surface area contributed by atoms with Crippen LogP contribution < -0.4 is 0 Å². The van der Waals surface area contributed by atoms with Gasteiger partial charge in [0.1, 0.15) is 0 Å². The molecule has 2 aromatic rings. The highest BCUT2D eigenvalue weighted by atomic mass is 32.2. The minimum Gasteiger partial charge on any atom is -0.373 e. The summed E-state index contributed by atoms with van der Waals surface area (Å²) >= 11 is 0. The Hall–Kier alpha value is -2.12. The predicted octanol–water partition coefficient (Wildman–Crippen LogP) is 5.21. The van der Waals surface area contributed by atoms with Crippen molar-refractivity contribution in [1.29, 1.82) is 0 Å². The van der Waals surface area contributed by atoms with Crippen molar-refractivity contribution in [3.8, 4) is 0 Å². The molecular weight excluding hydrogens is 510 g/mol. The fraction of sp³-hybridized carbons (Fsp3) is 0.429. The molecule has 0 radical (unpaired) electrons. The molecule has 5 nitrogen and oxygen atoms in total. The standard InChI is InChI=1S/C21H20F6O5S2/c1-19(34(30,31)15-5-3-4-13(10-15)20(22,23)24)8-9-32-17(12-19)16-7-6-14(21(25,26)27)11-18(16)33(2,28)29/h3-7,10-11,17H,8-9,12H2,1-2H3. The third-order valence-electron chi connectivity index (χ3n) is 5.77. The van der Waals surface area contributed by atoms with E-state index in [1.165, 1.54) is 6.92 Å². The Morgan fingerprint density at radius 2 is 1.50 bits per heavy atom. The van der Waals surface area contributed by atoms with Crippen molar-refractivity contribution in [1.82, 2.24) is 0 Å². The highest BCUT2D eigenvalue weighted by Gasteiger charge is 2.46. The zero-order valence-electron chi connectivity index (χ0n) is 17.9. The van der Waals surface area contributed by atoms with Crippen LogP contribution in [0.25, 0.3) is 0 Å². The van der Waals surface area contributed by atoms with Crippen LogP contribution in [0.1, 0.15) is 42.6 Å². The molecule has 3 rings (SSSR count). The van der Waals surface area contributed by atoms with Crippen LogP contribution in [0.2, 0.25) is 0 Å². The monoisotopic (exact) mass is 530 g/mol. The molecule has 1 heterocycles. The van der Waals surface area contributed by atoms with Gasteiger partial charge in [0.05, 0.1) is 31.8 Å². The predicted molar refractivity (Wildman–Crippen MR) is 110 cm³/mol. The van der Waals surface area contributed by atoms with Gasteiger partial charge in [-0.15, -0.1) is 0 Å². The fourth-order valence-electron chi connectivity index (χ4n) is 3.84. The Kier molecular flexibility index (Phi) is 6.64. The van der Waals surface area contributed by atoms with Crippen LogP contribution in [0, 0.1) is 0 Å². The molecule has 13 heteroatoms. The maximum atomic E-state index is 13.3. The van der Waals surface area contributed by atoms with Crippen molar-refractivity contribution < 1.29 is 47.9 Å². The van der Waals surface area contributed by atoms with Gasteiger partial charge in [-0.1, -0.05) is 12.1 Å². The lowest BCUT2D eigenvalue weighted by molar-refractivity contribution is -0.138. The number of hydrogen-bond acceptors (Lipinski definition) is 5. The maximum absolute atomic E-state index is 13.3. The number of ether oxygens (including phenoxy) is 1. The highest BCUT2D eigenvalue weighted by molar-refractivity contribution is 7.92. The minimum absolute atomic E-state index is 0.114. The highest BCUT2D eigenvalue weighted by Crippen LogP contribution is 2.44. The van der Waals surface area contributed by atoms with Crippen LogP contribution in [0.4, 0.5) is 26.3 Å². The summed E-state index contributed by atoms with van der Waals surface area (Å²) in [6, 6.07) is 5.29. The molecule has 2 unspecified atom stereocenters.